The molecule has 3 unspecified atom stereocenters. The molecule has 0 radical (unpaired) electrons. The molecule has 2 aromatic rings. The molecule has 3 atom stereocenters. The Morgan fingerprint density at radius 1 is 1.11 bits per heavy atom. The molecule has 2 aromatic carbocycles. The fourth-order valence-electron chi connectivity index (χ4n) is 5.61. The van der Waals surface area contributed by atoms with Crippen molar-refractivity contribution in [2.24, 2.45) is 11.3 Å². The van der Waals surface area contributed by atoms with Crippen molar-refractivity contribution in [2.45, 2.75) is 62.5 Å². The van der Waals surface area contributed by atoms with Crippen LogP contribution in [0.5, 0.6) is 5.75 Å². The van der Waals surface area contributed by atoms with Crippen molar-refractivity contribution in [2.75, 3.05) is 7.11 Å². The number of fused-ring (bicyclic) bond motifs is 3. The van der Waals surface area contributed by atoms with E-state index < -0.39 is 0 Å². The van der Waals surface area contributed by atoms with Crippen molar-refractivity contribution in [3.8, 4) is 5.75 Å². The normalized spacial score (nSPS) is 28.4. The summed E-state index contributed by atoms with van der Waals surface area (Å²) < 4.78 is 5.61. The zero-order valence-corrected chi connectivity index (χ0v) is 18.4. The molecule has 1 saturated carbocycles. The Bertz CT molecular complexity index is 902. The van der Waals surface area contributed by atoms with Gasteiger partial charge in [-0.05, 0) is 71.9 Å². The number of ether oxygens (including phenoxy) is 1. The van der Waals surface area contributed by atoms with Gasteiger partial charge >= 0.3 is 0 Å². The van der Waals surface area contributed by atoms with Crippen LogP contribution in [0.15, 0.2) is 47.4 Å². The first-order valence-electron chi connectivity index (χ1n) is 10.2. The van der Waals surface area contributed by atoms with Crippen LogP contribution in [0.4, 0.5) is 0 Å². The van der Waals surface area contributed by atoms with Gasteiger partial charge in [0.25, 0.3) is 0 Å². The van der Waals surface area contributed by atoms with Gasteiger partial charge in [0.15, 0.2) is 5.78 Å². The Labute approximate surface area is 173 Å². The van der Waals surface area contributed by atoms with Crippen LogP contribution in [0.1, 0.15) is 61.5 Å². The molecular formula is C25H30O2S. The third kappa shape index (κ3) is 2.99. The average molecular weight is 395 g/mol. The van der Waals surface area contributed by atoms with Crippen LogP contribution < -0.4 is 4.74 Å². The number of carbonyl (C=O) groups is 1. The second kappa shape index (κ2) is 6.95. The standard InChI is InChI=1S/C25H30O2S/c1-16-13-18-19(14-21(16)27-5)25(4)12-11-23(28-17-9-7-6-8-10-17)24(2,3)22(25)15-20(18)26/h6-10,13-14,22-23H,11-12,15H2,1-5H3. The lowest BCUT2D eigenvalue weighted by Crippen LogP contribution is -2.54. The number of hydrogen-bond acceptors (Lipinski definition) is 3. The van der Waals surface area contributed by atoms with Crippen molar-refractivity contribution >= 4 is 17.5 Å². The summed E-state index contributed by atoms with van der Waals surface area (Å²) in [7, 11) is 1.72. The second-order valence-corrected chi connectivity index (χ2v) is 10.5. The van der Waals surface area contributed by atoms with Crippen LogP contribution in [0.2, 0.25) is 0 Å². The van der Waals surface area contributed by atoms with Gasteiger partial charge in [-0.2, -0.15) is 0 Å². The molecule has 0 aliphatic heterocycles. The van der Waals surface area contributed by atoms with E-state index in [2.05, 4.69) is 63.2 Å². The van der Waals surface area contributed by atoms with Crippen LogP contribution in [0.25, 0.3) is 0 Å². The minimum atomic E-state index is 0.0153. The highest BCUT2D eigenvalue weighted by molar-refractivity contribution is 8.00. The Balaban J connectivity index is 1.74. The van der Waals surface area contributed by atoms with Crippen molar-refractivity contribution in [1.29, 1.82) is 0 Å². The third-order valence-electron chi connectivity index (χ3n) is 7.28. The molecule has 0 bridgehead atoms. The van der Waals surface area contributed by atoms with E-state index in [-0.39, 0.29) is 10.8 Å². The molecule has 0 spiro atoms. The van der Waals surface area contributed by atoms with Gasteiger partial charge in [0, 0.05) is 22.1 Å². The molecule has 0 saturated heterocycles. The number of benzene rings is 2. The van der Waals surface area contributed by atoms with E-state index in [0.717, 1.165) is 29.7 Å². The summed E-state index contributed by atoms with van der Waals surface area (Å²) in [6, 6.07) is 14.9. The first-order valence-corrected chi connectivity index (χ1v) is 11.1. The van der Waals surface area contributed by atoms with Crippen LogP contribution in [0, 0.1) is 18.3 Å². The zero-order valence-electron chi connectivity index (χ0n) is 17.5. The molecule has 3 heteroatoms. The van der Waals surface area contributed by atoms with Crippen molar-refractivity contribution < 1.29 is 9.53 Å². The molecule has 0 N–H and O–H groups in total. The SMILES string of the molecule is COc1cc2c(cc1C)C(=O)CC1C2(C)CCC(Sc2ccccc2)C1(C)C. The van der Waals surface area contributed by atoms with Gasteiger partial charge in [-0.1, -0.05) is 39.0 Å². The van der Waals surface area contributed by atoms with Gasteiger partial charge in [0.1, 0.15) is 5.75 Å². The minimum absolute atomic E-state index is 0.0153. The molecule has 0 amide bonds. The van der Waals surface area contributed by atoms with Gasteiger partial charge in [0.05, 0.1) is 7.11 Å². The van der Waals surface area contributed by atoms with Gasteiger partial charge in [-0.3, -0.25) is 4.79 Å². The maximum Gasteiger partial charge on any atom is 0.163 e. The largest absolute Gasteiger partial charge is 0.496 e. The number of methoxy groups -OCH3 is 1. The van der Waals surface area contributed by atoms with E-state index in [0.29, 0.717) is 23.4 Å². The number of carbonyl (C=O) groups excluding carboxylic acids is 1. The lowest BCUT2D eigenvalue weighted by atomic mass is 9.50. The number of hydrogen-bond donors (Lipinski definition) is 0. The zero-order chi connectivity index (χ0) is 20.1. The van der Waals surface area contributed by atoms with Gasteiger partial charge in [-0.15, -0.1) is 11.8 Å². The number of ketones is 1. The van der Waals surface area contributed by atoms with Crippen LogP contribution in [-0.2, 0) is 5.41 Å². The molecule has 148 valence electrons. The number of rotatable bonds is 3. The molecule has 2 aliphatic carbocycles. The summed E-state index contributed by atoms with van der Waals surface area (Å²) in [6.45, 7) is 9.15. The van der Waals surface area contributed by atoms with Crippen molar-refractivity contribution in [1.82, 2.24) is 0 Å². The summed E-state index contributed by atoms with van der Waals surface area (Å²) in [5, 5.41) is 0.509. The molecule has 2 aliphatic rings. The summed E-state index contributed by atoms with van der Waals surface area (Å²) in [5.74, 6) is 1.52. The molecular weight excluding hydrogens is 364 g/mol. The maximum atomic E-state index is 13.1. The summed E-state index contributed by atoms with van der Waals surface area (Å²) in [4.78, 5) is 14.5. The van der Waals surface area contributed by atoms with E-state index >= 15 is 0 Å². The number of thioether (sulfide) groups is 1. The molecule has 0 heterocycles. The first kappa shape index (κ1) is 19.6. The maximum absolute atomic E-state index is 13.1. The van der Waals surface area contributed by atoms with E-state index in [1.165, 1.54) is 10.5 Å². The van der Waals surface area contributed by atoms with Crippen LogP contribution >= 0.6 is 11.8 Å². The van der Waals surface area contributed by atoms with E-state index in [1.54, 1.807) is 7.11 Å². The van der Waals surface area contributed by atoms with Gasteiger partial charge in [-0.25, -0.2) is 0 Å². The average Bonchev–Trinajstić information content (AvgIpc) is 2.67. The Morgan fingerprint density at radius 3 is 2.50 bits per heavy atom. The van der Waals surface area contributed by atoms with Gasteiger partial charge < -0.3 is 4.74 Å². The van der Waals surface area contributed by atoms with Crippen molar-refractivity contribution in [3.05, 3.63) is 59.2 Å². The third-order valence-corrected chi connectivity index (χ3v) is 8.96. The monoisotopic (exact) mass is 394 g/mol. The van der Waals surface area contributed by atoms with Gasteiger partial charge in [0.2, 0.25) is 0 Å². The van der Waals surface area contributed by atoms with E-state index in [9.17, 15) is 4.79 Å². The summed E-state index contributed by atoms with van der Waals surface area (Å²) in [6.07, 6.45) is 2.91. The highest BCUT2D eigenvalue weighted by Crippen LogP contribution is 2.60. The van der Waals surface area contributed by atoms with E-state index in [4.69, 9.17) is 4.74 Å². The Hall–Kier alpha value is -1.74. The first-order chi connectivity index (χ1) is 13.3. The molecule has 0 aromatic heterocycles. The molecule has 4 rings (SSSR count). The number of Topliss-reactive ketones (excluding diaryl/α,β-unsaturated/α-hetero) is 1. The summed E-state index contributed by atoms with van der Waals surface area (Å²) >= 11 is 1.98. The lowest BCUT2D eigenvalue weighted by molar-refractivity contribution is 0.0415. The minimum Gasteiger partial charge on any atom is -0.496 e. The smallest absolute Gasteiger partial charge is 0.163 e. The predicted molar refractivity (Wildman–Crippen MR) is 117 cm³/mol. The molecule has 28 heavy (non-hydrogen) atoms. The van der Waals surface area contributed by atoms with Crippen LogP contribution in [-0.4, -0.2) is 18.1 Å². The van der Waals surface area contributed by atoms with Crippen LogP contribution in [0.3, 0.4) is 0 Å². The highest BCUT2D eigenvalue weighted by Gasteiger charge is 2.55. The lowest BCUT2D eigenvalue weighted by Gasteiger charge is -2.57. The predicted octanol–water partition coefficient (Wildman–Crippen LogP) is 6.44. The van der Waals surface area contributed by atoms with Crippen molar-refractivity contribution in [3.63, 3.8) is 0 Å². The summed E-state index contributed by atoms with van der Waals surface area (Å²) in [5.41, 5.74) is 3.25. The molecule has 1 fully saturated rings. The highest BCUT2D eigenvalue weighted by atomic mass is 32.2. The fraction of sp³-hybridized carbons (Fsp3) is 0.480. The fourth-order valence-corrected chi connectivity index (χ4v) is 6.96. The topological polar surface area (TPSA) is 26.3 Å². The Kier molecular flexibility index (Phi) is 4.86. The Morgan fingerprint density at radius 2 is 1.82 bits per heavy atom. The van der Waals surface area contributed by atoms with E-state index in [1.807, 2.05) is 18.7 Å². The number of aryl methyl sites for hydroxylation is 1. The molecule has 2 nitrogen and oxygen atoms in total. The quantitative estimate of drug-likeness (QED) is 0.599. The second-order valence-electron chi connectivity index (χ2n) is 9.24.